The van der Waals surface area contributed by atoms with Crippen molar-refractivity contribution in [3.05, 3.63) is 12.2 Å². The monoisotopic (exact) mass is 353 g/mol. The lowest BCUT2D eigenvalue weighted by Crippen LogP contribution is -2.34. The van der Waals surface area contributed by atoms with Crippen LogP contribution in [0.25, 0.3) is 0 Å². The first-order chi connectivity index (χ1) is 12.2. The maximum absolute atomic E-state index is 10.4. The van der Waals surface area contributed by atoms with Crippen molar-refractivity contribution in [2.45, 2.75) is 110 Å². The average Bonchev–Trinajstić information content (AvgIpc) is 2.60. The summed E-state index contributed by atoms with van der Waals surface area (Å²) in [5.41, 5.74) is 0. The molecule has 1 N–H and O–H groups in total. The minimum Gasteiger partial charge on any atom is -0.481 e. The molecule has 0 saturated heterocycles. The van der Waals surface area contributed by atoms with Gasteiger partial charge in [0, 0.05) is 12.5 Å². The zero-order valence-electron chi connectivity index (χ0n) is 17.1. The van der Waals surface area contributed by atoms with Crippen molar-refractivity contribution in [3.63, 3.8) is 0 Å². The fourth-order valence-corrected chi connectivity index (χ4v) is 3.44. The smallest absolute Gasteiger partial charge is 0.303 e. The van der Waals surface area contributed by atoms with E-state index in [2.05, 4.69) is 37.8 Å². The molecule has 0 aliphatic rings. The first-order valence-corrected chi connectivity index (χ1v) is 10.8. The Labute approximate surface area is 156 Å². The molecule has 0 aliphatic heterocycles. The van der Waals surface area contributed by atoms with Gasteiger partial charge in [-0.05, 0) is 45.2 Å². The second-order valence-electron chi connectivity index (χ2n) is 7.13. The maximum Gasteiger partial charge on any atom is 0.303 e. The molecule has 0 saturated carbocycles. The summed E-state index contributed by atoms with van der Waals surface area (Å²) in [5.74, 6) is -0.666. The number of nitrogens with zero attached hydrogens (tertiary/aromatic N) is 1. The number of allylic oxidation sites excluding steroid dienone is 1. The third-order valence-corrected chi connectivity index (χ3v) is 5.06. The molecule has 0 heterocycles. The van der Waals surface area contributed by atoms with Crippen LogP contribution in [-0.2, 0) is 4.79 Å². The van der Waals surface area contributed by atoms with Crippen molar-refractivity contribution < 1.29 is 9.90 Å². The lowest BCUT2D eigenvalue weighted by atomic mass is 10.0. The van der Waals surface area contributed by atoms with Crippen molar-refractivity contribution in [2.75, 3.05) is 13.1 Å². The molecule has 3 heteroatoms. The van der Waals surface area contributed by atoms with Crippen LogP contribution in [0.1, 0.15) is 104 Å². The molecule has 0 fully saturated rings. The minimum absolute atomic E-state index is 0.324. The van der Waals surface area contributed by atoms with Crippen molar-refractivity contribution in [3.8, 4) is 0 Å². The van der Waals surface area contributed by atoms with Gasteiger partial charge in [-0.25, -0.2) is 0 Å². The van der Waals surface area contributed by atoms with E-state index in [0.29, 0.717) is 12.5 Å². The Kier molecular flexibility index (Phi) is 17.4. The summed E-state index contributed by atoms with van der Waals surface area (Å²) in [7, 11) is 0. The Morgan fingerprint density at radius 1 is 0.880 bits per heavy atom. The summed E-state index contributed by atoms with van der Waals surface area (Å²) in [6.45, 7) is 9.13. The van der Waals surface area contributed by atoms with Crippen LogP contribution < -0.4 is 0 Å². The van der Waals surface area contributed by atoms with Crippen molar-refractivity contribution in [1.82, 2.24) is 4.90 Å². The average molecular weight is 354 g/mol. The number of unbranched alkanes of at least 4 members (excludes halogenated alkanes) is 8. The molecule has 25 heavy (non-hydrogen) atoms. The summed E-state index contributed by atoms with van der Waals surface area (Å²) in [5, 5.41) is 8.60. The fourth-order valence-electron chi connectivity index (χ4n) is 3.44. The third-order valence-electron chi connectivity index (χ3n) is 5.06. The Hall–Kier alpha value is -0.830. The minimum atomic E-state index is -0.666. The molecule has 0 amide bonds. The van der Waals surface area contributed by atoms with Gasteiger partial charge in [-0.15, -0.1) is 0 Å². The lowest BCUT2D eigenvalue weighted by Gasteiger charge is -2.29. The van der Waals surface area contributed by atoms with Crippen LogP contribution >= 0.6 is 0 Å². The Morgan fingerprint density at radius 3 is 2.16 bits per heavy atom. The summed E-state index contributed by atoms with van der Waals surface area (Å²) in [6, 6.07) is 0.708. The van der Waals surface area contributed by atoms with Crippen LogP contribution in [0.2, 0.25) is 0 Å². The van der Waals surface area contributed by atoms with E-state index in [9.17, 15) is 4.79 Å². The second-order valence-corrected chi connectivity index (χ2v) is 7.13. The van der Waals surface area contributed by atoms with Crippen LogP contribution in [0.5, 0.6) is 0 Å². The second kappa shape index (κ2) is 18.0. The van der Waals surface area contributed by atoms with Crippen LogP contribution in [-0.4, -0.2) is 35.1 Å². The molecule has 1 unspecified atom stereocenters. The fraction of sp³-hybridized carbons (Fsp3) is 0.864. The van der Waals surface area contributed by atoms with Crippen molar-refractivity contribution in [2.24, 2.45) is 0 Å². The van der Waals surface area contributed by atoms with Gasteiger partial charge in [0.2, 0.25) is 0 Å². The normalized spacial score (nSPS) is 13.0. The van der Waals surface area contributed by atoms with Gasteiger partial charge in [0.25, 0.3) is 0 Å². The van der Waals surface area contributed by atoms with Gasteiger partial charge in [-0.3, -0.25) is 4.79 Å². The highest BCUT2D eigenvalue weighted by Crippen LogP contribution is 2.15. The van der Waals surface area contributed by atoms with E-state index in [0.717, 1.165) is 25.9 Å². The van der Waals surface area contributed by atoms with Crippen molar-refractivity contribution >= 4 is 5.97 Å². The molecular formula is C22H43NO2. The SMILES string of the molecule is CCCCCCC(C/C=C/CCCCCCCC(=O)O)N(CC)CC. The Morgan fingerprint density at radius 2 is 1.52 bits per heavy atom. The third kappa shape index (κ3) is 15.2. The van der Waals surface area contributed by atoms with Crippen LogP contribution in [0, 0.1) is 0 Å². The topological polar surface area (TPSA) is 40.5 Å². The quantitative estimate of drug-likeness (QED) is 0.228. The molecule has 0 bridgehead atoms. The van der Waals surface area contributed by atoms with Gasteiger partial charge in [0.1, 0.15) is 0 Å². The number of carboxylic acid groups (broad SMARTS) is 1. The lowest BCUT2D eigenvalue weighted by molar-refractivity contribution is -0.137. The van der Waals surface area contributed by atoms with Crippen LogP contribution in [0.15, 0.2) is 12.2 Å². The van der Waals surface area contributed by atoms with E-state index in [1.54, 1.807) is 0 Å². The molecule has 0 aromatic rings. The largest absolute Gasteiger partial charge is 0.481 e. The molecule has 0 aromatic carbocycles. The molecule has 3 nitrogen and oxygen atoms in total. The maximum atomic E-state index is 10.4. The number of aliphatic carboxylic acids is 1. The van der Waals surface area contributed by atoms with E-state index in [1.807, 2.05) is 0 Å². The molecule has 0 spiro atoms. The molecule has 1 atom stereocenters. The van der Waals surface area contributed by atoms with Gasteiger partial charge >= 0.3 is 5.97 Å². The zero-order valence-corrected chi connectivity index (χ0v) is 17.1. The molecule has 148 valence electrons. The predicted octanol–water partition coefficient (Wildman–Crippen LogP) is 6.43. The van der Waals surface area contributed by atoms with Gasteiger partial charge in [0.05, 0.1) is 0 Å². The van der Waals surface area contributed by atoms with Crippen LogP contribution in [0.4, 0.5) is 0 Å². The van der Waals surface area contributed by atoms with E-state index in [-0.39, 0.29) is 0 Å². The van der Waals surface area contributed by atoms with Gasteiger partial charge in [-0.1, -0.05) is 77.9 Å². The van der Waals surface area contributed by atoms with Gasteiger partial charge in [-0.2, -0.15) is 0 Å². The summed E-state index contributed by atoms with van der Waals surface area (Å²) < 4.78 is 0. The zero-order chi connectivity index (χ0) is 18.8. The van der Waals surface area contributed by atoms with Crippen LogP contribution in [0.3, 0.4) is 0 Å². The highest BCUT2D eigenvalue weighted by atomic mass is 16.4. The number of hydrogen-bond acceptors (Lipinski definition) is 2. The summed E-state index contributed by atoms with van der Waals surface area (Å²) in [4.78, 5) is 13.0. The standard InChI is InChI=1S/C22H43NO2/c1-4-7-8-15-18-21(23(5-2)6-3)19-16-13-11-9-10-12-14-17-20-22(24)25/h13,16,21H,4-12,14-15,17-20H2,1-3H3,(H,24,25)/b16-13+. The van der Waals surface area contributed by atoms with E-state index in [1.165, 1.54) is 64.2 Å². The number of carbonyl (C=O) groups is 1. The Bertz CT molecular complexity index is 324. The summed E-state index contributed by atoms with van der Waals surface area (Å²) >= 11 is 0. The molecular weight excluding hydrogens is 310 g/mol. The Balaban J connectivity index is 3.86. The first kappa shape index (κ1) is 24.2. The highest BCUT2D eigenvalue weighted by Gasteiger charge is 2.13. The van der Waals surface area contributed by atoms with E-state index >= 15 is 0 Å². The molecule has 0 radical (unpaired) electrons. The van der Waals surface area contributed by atoms with Crippen molar-refractivity contribution in [1.29, 1.82) is 0 Å². The van der Waals surface area contributed by atoms with Gasteiger partial charge in [0.15, 0.2) is 0 Å². The van der Waals surface area contributed by atoms with Gasteiger partial charge < -0.3 is 10.0 Å². The van der Waals surface area contributed by atoms with E-state index in [4.69, 9.17) is 5.11 Å². The number of hydrogen-bond donors (Lipinski definition) is 1. The summed E-state index contributed by atoms with van der Waals surface area (Å²) in [6.07, 6.45) is 19.7. The number of carboxylic acids is 1. The molecule has 0 aromatic heterocycles. The highest BCUT2D eigenvalue weighted by molar-refractivity contribution is 5.66. The molecule has 0 aliphatic carbocycles. The number of rotatable bonds is 18. The van der Waals surface area contributed by atoms with E-state index < -0.39 is 5.97 Å². The first-order valence-electron chi connectivity index (χ1n) is 10.8. The predicted molar refractivity (Wildman–Crippen MR) is 109 cm³/mol. The molecule has 0 rings (SSSR count).